The molecule has 0 aromatic carbocycles. The maximum atomic E-state index is 12.1. The van der Waals surface area contributed by atoms with Crippen molar-refractivity contribution in [2.45, 2.75) is 110 Å². The van der Waals surface area contributed by atoms with Gasteiger partial charge in [-0.3, -0.25) is 9.59 Å². The first-order chi connectivity index (χ1) is 14.3. The number of aliphatic hydroxyl groups excluding tert-OH is 2. The second-order valence-corrected chi connectivity index (χ2v) is 8.74. The van der Waals surface area contributed by atoms with Gasteiger partial charge in [-0.25, -0.2) is 0 Å². The summed E-state index contributed by atoms with van der Waals surface area (Å²) in [5.41, 5.74) is 0. The zero-order chi connectivity index (χ0) is 22.4. The maximum Gasteiger partial charge on any atom is 0.306 e. The predicted octanol–water partition coefficient (Wildman–Crippen LogP) is 4.90. The zero-order valence-corrected chi connectivity index (χ0v) is 19.1. The Morgan fingerprint density at radius 1 is 1.00 bits per heavy atom. The third-order valence-corrected chi connectivity index (χ3v) is 5.64. The van der Waals surface area contributed by atoms with Gasteiger partial charge in [-0.1, -0.05) is 50.8 Å². The van der Waals surface area contributed by atoms with Crippen LogP contribution in [0, 0.1) is 11.8 Å². The fraction of sp³-hybridized carbons (Fsp3) is 0.760. The van der Waals surface area contributed by atoms with E-state index in [0.29, 0.717) is 25.7 Å². The summed E-state index contributed by atoms with van der Waals surface area (Å²) in [6, 6.07) is 0. The molecule has 0 saturated heterocycles. The Bertz CT molecular complexity index is 552. The van der Waals surface area contributed by atoms with Crippen LogP contribution >= 0.6 is 0 Å². The number of unbranched alkanes of at least 4 members (excludes halogenated alkanes) is 5. The van der Waals surface area contributed by atoms with Gasteiger partial charge in [0.2, 0.25) is 0 Å². The number of esters is 1. The van der Waals surface area contributed by atoms with E-state index in [0.717, 1.165) is 25.7 Å². The van der Waals surface area contributed by atoms with Crippen molar-refractivity contribution < 1.29 is 24.5 Å². The summed E-state index contributed by atoms with van der Waals surface area (Å²) >= 11 is 0. The normalized spacial score (nSPS) is 24.3. The molecule has 0 bridgehead atoms. The molecule has 172 valence electrons. The van der Waals surface area contributed by atoms with Crippen molar-refractivity contribution in [1.82, 2.24) is 0 Å². The van der Waals surface area contributed by atoms with Crippen LogP contribution in [0.2, 0.25) is 0 Å². The molecule has 4 atom stereocenters. The van der Waals surface area contributed by atoms with Crippen LogP contribution < -0.4 is 0 Å². The molecule has 1 aliphatic carbocycles. The van der Waals surface area contributed by atoms with Gasteiger partial charge in [0.1, 0.15) is 0 Å². The number of ketones is 1. The number of allylic oxidation sites excluding steroid dienone is 3. The van der Waals surface area contributed by atoms with E-state index in [4.69, 9.17) is 4.74 Å². The quantitative estimate of drug-likeness (QED) is 0.170. The molecular weight excluding hydrogens is 380 g/mol. The zero-order valence-electron chi connectivity index (χ0n) is 19.1. The highest BCUT2D eigenvalue weighted by Crippen LogP contribution is 2.36. The second kappa shape index (κ2) is 15.4. The van der Waals surface area contributed by atoms with Crippen molar-refractivity contribution >= 4 is 11.8 Å². The number of ether oxygens (including phenoxy) is 1. The molecule has 0 radical (unpaired) electrons. The van der Waals surface area contributed by atoms with E-state index in [-0.39, 0.29) is 29.7 Å². The predicted molar refractivity (Wildman–Crippen MR) is 120 cm³/mol. The monoisotopic (exact) mass is 422 g/mol. The molecule has 1 fully saturated rings. The van der Waals surface area contributed by atoms with Gasteiger partial charge < -0.3 is 14.9 Å². The molecule has 0 aromatic heterocycles. The third kappa shape index (κ3) is 11.1. The van der Waals surface area contributed by atoms with Crippen LogP contribution in [0.25, 0.3) is 0 Å². The summed E-state index contributed by atoms with van der Waals surface area (Å²) in [4.78, 5) is 23.6. The number of hydrogen-bond acceptors (Lipinski definition) is 5. The molecule has 0 spiro atoms. The SMILES string of the molecule is CCCCCCCC(=O)C=C[C@@H]1[C@@H](CC=CCCCC(=O)OC(C)C)[C@@H](O)C[C@H]1O. The highest BCUT2D eigenvalue weighted by atomic mass is 16.5. The Kier molecular flexibility index (Phi) is 13.6. The molecule has 1 saturated carbocycles. The first kappa shape index (κ1) is 26.6. The molecule has 0 amide bonds. The van der Waals surface area contributed by atoms with E-state index < -0.39 is 12.2 Å². The Labute approximate surface area is 182 Å². The van der Waals surface area contributed by atoms with Gasteiger partial charge >= 0.3 is 5.97 Å². The summed E-state index contributed by atoms with van der Waals surface area (Å²) in [6.45, 7) is 5.85. The van der Waals surface area contributed by atoms with Gasteiger partial charge in [-0.2, -0.15) is 0 Å². The van der Waals surface area contributed by atoms with Crippen LogP contribution in [0.5, 0.6) is 0 Å². The first-order valence-corrected chi connectivity index (χ1v) is 11.8. The summed E-state index contributed by atoms with van der Waals surface area (Å²) < 4.78 is 5.11. The lowest BCUT2D eigenvalue weighted by atomic mass is 9.89. The molecular formula is C25H42O5. The molecule has 5 heteroatoms. The van der Waals surface area contributed by atoms with Gasteiger partial charge in [0, 0.05) is 25.2 Å². The average molecular weight is 423 g/mol. The largest absolute Gasteiger partial charge is 0.463 e. The molecule has 0 aromatic rings. The van der Waals surface area contributed by atoms with Gasteiger partial charge in [-0.05, 0) is 51.5 Å². The highest BCUT2D eigenvalue weighted by Gasteiger charge is 2.39. The Hall–Kier alpha value is -1.46. The van der Waals surface area contributed by atoms with Crippen LogP contribution in [0.4, 0.5) is 0 Å². The summed E-state index contributed by atoms with van der Waals surface area (Å²) in [5, 5.41) is 20.6. The van der Waals surface area contributed by atoms with Gasteiger partial charge in [-0.15, -0.1) is 0 Å². The molecule has 0 unspecified atom stereocenters. The molecule has 5 nitrogen and oxygen atoms in total. The minimum Gasteiger partial charge on any atom is -0.463 e. The smallest absolute Gasteiger partial charge is 0.306 e. The van der Waals surface area contributed by atoms with E-state index in [2.05, 4.69) is 6.92 Å². The van der Waals surface area contributed by atoms with Crippen molar-refractivity contribution in [3.63, 3.8) is 0 Å². The van der Waals surface area contributed by atoms with E-state index in [1.165, 1.54) is 19.3 Å². The molecule has 30 heavy (non-hydrogen) atoms. The minimum absolute atomic E-state index is 0.0822. The molecule has 1 rings (SSSR count). The van der Waals surface area contributed by atoms with Crippen LogP contribution in [-0.4, -0.2) is 40.3 Å². The van der Waals surface area contributed by atoms with E-state index in [9.17, 15) is 19.8 Å². The van der Waals surface area contributed by atoms with Crippen molar-refractivity contribution in [3.8, 4) is 0 Å². The highest BCUT2D eigenvalue weighted by molar-refractivity contribution is 5.89. The molecule has 0 aliphatic heterocycles. The van der Waals surface area contributed by atoms with Crippen LogP contribution in [0.3, 0.4) is 0 Å². The van der Waals surface area contributed by atoms with Crippen molar-refractivity contribution in [3.05, 3.63) is 24.3 Å². The Morgan fingerprint density at radius 3 is 2.43 bits per heavy atom. The first-order valence-electron chi connectivity index (χ1n) is 11.8. The fourth-order valence-electron chi connectivity index (χ4n) is 3.97. The van der Waals surface area contributed by atoms with Crippen molar-refractivity contribution in [2.24, 2.45) is 11.8 Å². The number of aliphatic hydroxyl groups is 2. The molecule has 1 aliphatic rings. The Morgan fingerprint density at radius 2 is 1.73 bits per heavy atom. The summed E-state index contributed by atoms with van der Waals surface area (Å²) in [6.07, 6.45) is 15.2. The Balaban J connectivity index is 2.38. The third-order valence-electron chi connectivity index (χ3n) is 5.64. The van der Waals surface area contributed by atoms with E-state index in [1.54, 1.807) is 12.2 Å². The lowest BCUT2D eigenvalue weighted by Crippen LogP contribution is -2.20. The summed E-state index contributed by atoms with van der Waals surface area (Å²) in [7, 11) is 0. The summed E-state index contributed by atoms with van der Waals surface area (Å²) in [5.74, 6) is -0.360. The number of carbonyl (C=O) groups excluding carboxylic acids is 2. The van der Waals surface area contributed by atoms with Gasteiger partial charge in [0.15, 0.2) is 5.78 Å². The van der Waals surface area contributed by atoms with Crippen LogP contribution in [-0.2, 0) is 14.3 Å². The number of hydrogen-bond donors (Lipinski definition) is 2. The van der Waals surface area contributed by atoms with Gasteiger partial charge in [0.05, 0.1) is 18.3 Å². The standard InChI is InChI=1S/C25H42O5/c1-4-5-6-7-10-13-20(26)16-17-22-21(23(27)18-24(22)28)14-11-8-9-12-15-25(29)30-19(2)3/h8,11,16-17,19,21-24,27-28H,4-7,9-10,12-15,18H2,1-3H3/t21-,22-,23+,24-/m1/s1. The lowest BCUT2D eigenvalue weighted by molar-refractivity contribution is -0.147. The number of rotatable bonds is 15. The van der Waals surface area contributed by atoms with Crippen molar-refractivity contribution in [1.29, 1.82) is 0 Å². The van der Waals surface area contributed by atoms with Gasteiger partial charge in [0.25, 0.3) is 0 Å². The second-order valence-electron chi connectivity index (χ2n) is 8.74. The van der Waals surface area contributed by atoms with Crippen molar-refractivity contribution in [2.75, 3.05) is 0 Å². The average Bonchev–Trinajstić information content (AvgIpc) is 2.94. The molecule has 0 heterocycles. The number of carbonyl (C=O) groups is 2. The minimum atomic E-state index is -0.613. The molecule has 2 N–H and O–H groups in total. The van der Waals surface area contributed by atoms with Crippen LogP contribution in [0.15, 0.2) is 24.3 Å². The topological polar surface area (TPSA) is 83.8 Å². The van der Waals surface area contributed by atoms with Crippen LogP contribution in [0.1, 0.15) is 91.4 Å². The van der Waals surface area contributed by atoms with E-state index >= 15 is 0 Å². The van der Waals surface area contributed by atoms with E-state index in [1.807, 2.05) is 26.0 Å². The maximum absolute atomic E-state index is 12.1. The lowest BCUT2D eigenvalue weighted by Gasteiger charge is -2.19. The fourth-order valence-corrected chi connectivity index (χ4v) is 3.97.